The van der Waals surface area contributed by atoms with Crippen molar-refractivity contribution in [2.24, 2.45) is 0 Å². The molecular formula is C16H15Cl2N5O2. The van der Waals surface area contributed by atoms with E-state index >= 15 is 0 Å². The van der Waals surface area contributed by atoms with Gasteiger partial charge in [0.2, 0.25) is 5.95 Å². The number of halogens is 2. The van der Waals surface area contributed by atoms with Gasteiger partial charge in [0.05, 0.1) is 41.1 Å². The number of carbonyl (C=O) groups is 1. The second-order valence-corrected chi connectivity index (χ2v) is 6.70. The molecule has 4 rings (SSSR count). The number of urea groups is 1. The molecule has 130 valence electrons. The lowest BCUT2D eigenvalue weighted by Crippen LogP contribution is -2.33. The van der Waals surface area contributed by atoms with E-state index in [9.17, 15) is 4.79 Å². The monoisotopic (exact) mass is 379 g/mol. The third-order valence-corrected chi connectivity index (χ3v) is 5.00. The van der Waals surface area contributed by atoms with E-state index in [0.29, 0.717) is 47.6 Å². The zero-order chi connectivity index (χ0) is 17.7. The Hall–Kier alpha value is -2.25. The number of nitrogen functional groups attached to an aromatic ring is 1. The highest BCUT2D eigenvalue weighted by Crippen LogP contribution is 2.45. The first-order chi connectivity index (χ1) is 12.0. The van der Waals surface area contributed by atoms with E-state index in [4.69, 9.17) is 33.7 Å². The van der Waals surface area contributed by atoms with Gasteiger partial charge in [0.25, 0.3) is 0 Å². The van der Waals surface area contributed by atoms with Gasteiger partial charge in [0.15, 0.2) is 0 Å². The summed E-state index contributed by atoms with van der Waals surface area (Å²) in [5.41, 5.74) is 9.78. The summed E-state index contributed by atoms with van der Waals surface area (Å²) in [6.07, 6.45) is 0.683. The summed E-state index contributed by atoms with van der Waals surface area (Å²) in [6, 6.07) is 1.47. The Bertz CT molecular complexity index is 903. The van der Waals surface area contributed by atoms with Crippen LogP contribution in [0.1, 0.15) is 16.8 Å². The van der Waals surface area contributed by atoms with Crippen LogP contribution in [0.15, 0.2) is 6.07 Å². The lowest BCUT2D eigenvalue weighted by molar-refractivity contribution is 0.200. The van der Waals surface area contributed by atoms with E-state index in [1.165, 1.54) is 0 Å². The van der Waals surface area contributed by atoms with E-state index < -0.39 is 0 Å². The molecule has 0 unspecified atom stereocenters. The number of anilines is 1. The number of nitrogens with two attached hydrogens (primary N) is 1. The van der Waals surface area contributed by atoms with Gasteiger partial charge in [-0.2, -0.15) is 0 Å². The smallest absolute Gasteiger partial charge is 0.317 e. The van der Waals surface area contributed by atoms with Gasteiger partial charge in [-0.05, 0) is 6.07 Å². The Morgan fingerprint density at radius 1 is 1.28 bits per heavy atom. The van der Waals surface area contributed by atoms with Crippen molar-refractivity contribution in [3.05, 3.63) is 32.9 Å². The number of hydrogen-bond donors (Lipinski definition) is 2. The average Bonchev–Trinajstić information content (AvgIpc) is 3.20. The standard InChI is InChI=1S/C16H15Cl2N5O2/c1-20-16(24)23-5-8-11(6-23)21-15(19)22-13(8)12-7-2-3-25-14(7)10(18)4-9(12)17/h4H,2-3,5-6H2,1H3,(H,20,24)(H2,19,21,22). The molecule has 25 heavy (non-hydrogen) atoms. The highest BCUT2D eigenvalue weighted by atomic mass is 35.5. The fourth-order valence-electron chi connectivity index (χ4n) is 3.34. The van der Waals surface area contributed by atoms with Crippen LogP contribution in [0.5, 0.6) is 5.75 Å². The Morgan fingerprint density at radius 3 is 2.84 bits per heavy atom. The maximum Gasteiger partial charge on any atom is 0.317 e. The fourth-order valence-corrected chi connectivity index (χ4v) is 3.99. The Kier molecular flexibility index (Phi) is 3.85. The number of ether oxygens (including phenoxy) is 1. The van der Waals surface area contributed by atoms with E-state index in [1.807, 2.05) is 0 Å². The van der Waals surface area contributed by atoms with Gasteiger partial charge >= 0.3 is 6.03 Å². The Balaban J connectivity index is 1.90. The van der Waals surface area contributed by atoms with Crippen LogP contribution < -0.4 is 15.8 Å². The van der Waals surface area contributed by atoms with Crippen molar-refractivity contribution in [2.45, 2.75) is 19.5 Å². The number of aromatic nitrogens is 2. The predicted molar refractivity (Wildman–Crippen MR) is 94.8 cm³/mol. The Morgan fingerprint density at radius 2 is 2.08 bits per heavy atom. The number of fused-ring (bicyclic) bond motifs is 2. The molecule has 3 N–H and O–H groups in total. The van der Waals surface area contributed by atoms with Crippen LogP contribution in [0.4, 0.5) is 10.7 Å². The normalized spacial score (nSPS) is 14.9. The van der Waals surface area contributed by atoms with Gasteiger partial charge < -0.3 is 20.7 Å². The molecule has 0 bridgehead atoms. The van der Waals surface area contributed by atoms with Crippen molar-refractivity contribution in [1.82, 2.24) is 20.2 Å². The van der Waals surface area contributed by atoms with Crippen LogP contribution in [0.2, 0.25) is 10.0 Å². The minimum absolute atomic E-state index is 0.145. The zero-order valence-corrected chi connectivity index (χ0v) is 14.9. The van der Waals surface area contributed by atoms with Gasteiger partial charge in [-0.25, -0.2) is 14.8 Å². The summed E-state index contributed by atoms with van der Waals surface area (Å²) in [5.74, 6) is 0.777. The third-order valence-electron chi connectivity index (χ3n) is 4.42. The van der Waals surface area contributed by atoms with E-state index in [0.717, 1.165) is 22.4 Å². The number of nitrogens with zero attached hydrogens (tertiary/aromatic N) is 3. The molecule has 0 spiro atoms. The molecule has 2 aliphatic rings. The maximum absolute atomic E-state index is 12.0. The molecule has 0 atom stereocenters. The molecule has 2 aromatic rings. The fraction of sp³-hybridized carbons (Fsp3) is 0.312. The van der Waals surface area contributed by atoms with E-state index in [1.54, 1.807) is 18.0 Å². The lowest BCUT2D eigenvalue weighted by atomic mass is 9.98. The predicted octanol–water partition coefficient (Wildman–Crippen LogP) is 2.62. The zero-order valence-electron chi connectivity index (χ0n) is 13.4. The number of nitrogens with one attached hydrogen (secondary N) is 1. The SMILES string of the molecule is CNC(=O)N1Cc2nc(N)nc(-c3c(Cl)cc(Cl)c4c3CCO4)c2C1. The lowest BCUT2D eigenvalue weighted by Gasteiger charge is -2.15. The number of hydrogen-bond acceptors (Lipinski definition) is 5. The van der Waals surface area contributed by atoms with Gasteiger partial charge in [-0.1, -0.05) is 23.2 Å². The number of amides is 2. The molecule has 3 heterocycles. The number of benzene rings is 1. The van der Waals surface area contributed by atoms with Crippen molar-refractivity contribution in [3.8, 4) is 17.0 Å². The average molecular weight is 380 g/mol. The van der Waals surface area contributed by atoms with Crippen molar-refractivity contribution >= 4 is 35.2 Å². The summed E-state index contributed by atoms with van der Waals surface area (Å²) in [4.78, 5) is 22.3. The van der Waals surface area contributed by atoms with Crippen molar-refractivity contribution in [1.29, 1.82) is 0 Å². The van der Waals surface area contributed by atoms with Gasteiger partial charge in [0.1, 0.15) is 5.75 Å². The quantitative estimate of drug-likeness (QED) is 0.794. The molecule has 2 amide bonds. The summed E-state index contributed by atoms with van der Waals surface area (Å²) >= 11 is 12.7. The first-order valence-corrected chi connectivity index (χ1v) is 8.51. The van der Waals surface area contributed by atoms with Crippen LogP contribution in [-0.4, -0.2) is 34.6 Å². The van der Waals surface area contributed by atoms with E-state index in [2.05, 4.69) is 15.3 Å². The molecule has 0 radical (unpaired) electrons. The minimum atomic E-state index is -0.182. The highest BCUT2D eigenvalue weighted by molar-refractivity contribution is 6.37. The van der Waals surface area contributed by atoms with Crippen LogP contribution in [0.25, 0.3) is 11.3 Å². The first kappa shape index (κ1) is 16.2. The highest BCUT2D eigenvalue weighted by Gasteiger charge is 2.32. The van der Waals surface area contributed by atoms with Gasteiger partial charge in [-0.3, -0.25) is 0 Å². The molecule has 1 aromatic carbocycles. The summed E-state index contributed by atoms with van der Waals surface area (Å²) in [6.45, 7) is 1.30. The summed E-state index contributed by atoms with van der Waals surface area (Å²) < 4.78 is 5.63. The second kappa shape index (κ2) is 5.93. The summed E-state index contributed by atoms with van der Waals surface area (Å²) in [7, 11) is 1.59. The van der Waals surface area contributed by atoms with E-state index in [-0.39, 0.29) is 12.0 Å². The number of rotatable bonds is 1. The molecule has 2 aliphatic heterocycles. The van der Waals surface area contributed by atoms with Crippen molar-refractivity contribution in [3.63, 3.8) is 0 Å². The topological polar surface area (TPSA) is 93.4 Å². The van der Waals surface area contributed by atoms with Crippen LogP contribution in [0, 0.1) is 0 Å². The second-order valence-electron chi connectivity index (χ2n) is 5.89. The molecule has 7 nitrogen and oxygen atoms in total. The molecule has 1 aromatic heterocycles. The molecule has 0 fully saturated rings. The van der Waals surface area contributed by atoms with Crippen molar-refractivity contribution < 1.29 is 9.53 Å². The van der Waals surface area contributed by atoms with Crippen molar-refractivity contribution in [2.75, 3.05) is 19.4 Å². The largest absolute Gasteiger partial charge is 0.491 e. The molecule has 0 aliphatic carbocycles. The molecule has 0 saturated heterocycles. The molecule has 0 saturated carbocycles. The maximum atomic E-state index is 12.0. The molecule has 9 heteroatoms. The molecular weight excluding hydrogens is 365 g/mol. The van der Waals surface area contributed by atoms with Gasteiger partial charge in [-0.15, -0.1) is 0 Å². The van der Waals surface area contributed by atoms with Gasteiger partial charge in [0, 0.05) is 30.2 Å². The Labute approximate surface area is 154 Å². The van der Waals surface area contributed by atoms with Crippen LogP contribution in [-0.2, 0) is 19.5 Å². The number of carbonyl (C=O) groups excluding carboxylic acids is 1. The van der Waals surface area contributed by atoms with Crippen LogP contribution >= 0.6 is 23.2 Å². The first-order valence-electron chi connectivity index (χ1n) is 7.75. The third kappa shape index (κ3) is 2.54. The minimum Gasteiger partial charge on any atom is -0.491 e. The van der Waals surface area contributed by atoms with Crippen LogP contribution in [0.3, 0.4) is 0 Å². The summed E-state index contributed by atoms with van der Waals surface area (Å²) in [5, 5.41) is 3.58.